The summed E-state index contributed by atoms with van der Waals surface area (Å²) in [6, 6.07) is 11.9. The lowest BCUT2D eigenvalue weighted by Crippen LogP contribution is -2.30. The fourth-order valence-corrected chi connectivity index (χ4v) is 3.23. The van der Waals surface area contributed by atoms with Gasteiger partial charge in [-0.2, -0.15) is 0 Å². The maximum atomic E-state index is 12.9. The van der Waals surface area contributed by atoms with E-state index < -0.39 is 12.6 Å². The number of ether oxygens (including phenoxy) is 2. The predicted octanol–water partition coefficient (Wildman–Crippen LogP) is 1.85. The van der Waals surface area contributed by atoms with Crippen molar-refractivity contribution in [1.29, 1.82) is 0 Å². The second-order valence-corrected chi connectivity index (χ2v) is 6.97. The lowest BCUT2D eigenvalue weighted by Gasteiger charge is -2.14. The molecule has 1 heterocycles. The molecule has 1 N–H and O–H groups in total. The first-order valence-electron chi connectivity index (χ1n) is 8.02. The van der Waals surface area contributed by atoms with Crippen LogP contribution in [0, 0.1) is 0 Å². The van der Waals surface area contributed by atoms with Crippen LogP contribution in [0.3, 0.4) is 0 Å². The van der Waals surface area contributed by atoms with E-state index in [9.17, 15) is 14.7 Å². The number of amides is 1. The van der Waals surface area contributed by atoms with Crippen LogP contribution in [-0.2, 0) is 9.59 Å². The Morgan fingerprint density at radius 1 is 1.29 bits per heavy atom. The molecule has 1 saturated heterocycles. The van der Waals surface area contributed by atoms with Crippen LogP contribution in [0.4, 0.5) is 5.69 Å². The van der Waals surface area contributed by atoms with Crippen LogP contribution in [0.15, 0.2) is 52.6 Å². The molecule has 0 bridgehead atoms. The Morgan fingerprint density at radius 2 is 2.00 bits per heavy atom. The lowest BCUT2D eigenvalue weighted by atomic mass is 10.1. The topological polar surface area (TPSA) is 90.9 Å². The zero-order chi connectivity index (χ0) is 20.3. The van der Waals surface area contributed by atoms with Gasteiger partial charge in [0.2, 0.25) is 0 Å². The van der Waals surface area contributed by atoms with Gasteiger partial charge in [0.05, 0.1) is 18.8 Å². The highest BCUT2D eigenvalue weighted by Crippen LogP contribution is 2.28. The molecule has 0 saturated carbocycles. The zero-order valence-electron chi connectivity index (χ0n) is 14.6. The van der Waals surface area contributed by atoms with E-state index in [2.05, 4.69) is 21.2 Å². The molecule has 0 unspecified atom stereocenters. The molecule has 1 aliphatic heterocycles. The first-order chi connectivity index (χ1) is 13.4. The largest absolute Gasteiger partial charge is 0.546 e. The third-order valence-electron chi connectivity index (χ3n) is 3.83. The summed E-state index contributed by atoms with van der Waals surface area (Å²) >= 11 is 8.64. The maximum Gasteiger partial charge on any atom is 0.281 e. The molecule has 0 atom stereocenters. The van der Waals surface area contributed by atoms with E-state index in [1.54, 1.807) is 55.7 Å². The van der Waals surface area contributed by atoms with Gasteiger partial charge in [-0.05, 0) is 60.8 Å². The van der Waals surface area contributed by atoms with Gasteiger partial charge < -0.3 is 24.7 Å². The second-order valence-electron chi connectivity index (χ2n) is 5.67. The van der Waals surface area contributed by atoms with Gasteiger partial charge >= 0.3 is 0 Å². The van der Waals surface area contributed by atoms with Crippen LogP contribution < -0.4 is 24.8 Å². The Bertz CT molecular complexity index is 975. The van der Waals surface area contributed by atoms with Crippen LogP contribution in [0.25, 0.3) is 6.08 Å². The Labute approximate surface area is 174 Å². The summed E-state index contributed by atoms with van der Waals surface area (Å²) in [6.07, 6.45) is 1.55. The van der Waals surface area contributed by atoms with Gasteiger partial charge in [-0.15, -0.1) is 0 Å². The summed E-state index contributed by atoms with van der Waals surface area (Å²) in [7, 11) is 1.56. The number of carboxylic acid groups (broad SMARTS) is 1. The third-order valence-corrected chi connectivity index (χ3v) is 4.60. The van der Waals surface area contributed by atoms with Crippen molar-refractivity contribution in [3.8, 4) is 11.5 Å². The molecule has 0 aromatic heterocycles. The lowest BCUT2D eigenvalue weighted by molar-refractivity contribution is -0.307. The molecule has 2 aromatic rings. The number of nitrogens with zero attached hydrogens (tertiary/aromatic N) is 1. The molecule has 1 aliphatic rings. The van der Waals surface area contributed by atoms with E-state index in [0.29, 0.717) is 22.7 Å². The molecule has 3 rings (SSSR count). The molecule has 7 nitrogen and oxygen atoms in total. The Balaban J connectivity index is 1.91. The van der Waals surface area contributed by atoms with Crippen molar-refractivity contribution in [3.05, 3.63) is 58.2 Å². The van der Waals surface area contributed by atoms with Gasteiger partial charge in [0.1, 0.15) is 23.8 Å². The molecule has 144 valence electrons. The van der Waals surface area contributed by atoms with Crippen LogP contribution in [0.5, 0.6) is 11.5 Å². The summed E-state index contributed by atoms with van der Waals surface area (Å²) in [5.41, 5.74) is 1.33. The van der Waals surface area contributed by atoms with E-state index in [0.717, 1.165) is 4.47 Å². The molecule has 28 heavy (non-hydrogen) atoms. The summed E-state index contributed by atoms with van der Waals surface area (Å²) in [6.45, 7) is -0.602. The van der Waals surface area contributed by atoms with Crippen molar-refractivity contribution < 1.29 is 24.2 Å². The molecule has 2 aromatic carbocycles. The Kier molecular flexibility index (Phi) is 5.96. The van der Waals surface area contributed by atoms with Crippen molar-refractivity contribution in [2.75, 3.05) is 18.6 Å². The summed E-state index contributed by atoms with van der Waals surface area (Å²) < 4.78 is 11.1. The number of aliphatic carboxylic acids is 1. The first kappa shape index (κ1) is 19.8. The minimum absolute atomic E-state index is 0.230. The van der Waals surface area contributed by atoms with Gasteiger partial charge in [0.15, 0.2) is 5.11 Å². The minimum Gasteiger partial charge on any atom is -0.546 e. The number of nitrogens with one attached hydrogen (secondary N) is 1. The second kappa shape index (κ2) is 8.41. The molecule has 0 radical (unpaired) electrons. The molecule has 0 spiro atoms. The molecule has 9 heteroatoms. The standard InChI is InChI=1S/C19H15BrN2O5S/c1-26-14-5-3-13(4-6-14)22-18(25)15(21-19(22)28)9-11-8-12(20)2-7-16(11)27-10-17(23)24/h2-9H,10H2,1H3,(H,21,28)(H,23,24)/p-1/b15-9-. The number of anilines is 1. The van der Waals surface area contributed by atoms with Crippen molar-refractivity contribution in [3.63, 3.8) is 0 Å². The average molecular weight is 462 g/mol. The van der Waals surface area contributed by atoms with Gasteiger partial charge in [-0.3, -0.25) is 9.69 Å². The maximum absolute atomic E-state index is 12.9. The Hall–Kier alpha value is -2.91. The number of carbonyl (C=O) groups excluding carboxylic acids is 2. The van der Waals surface area contributed by atoms with Crippen molar-refractivity contribution in [2.45, 2.75) is 0 Å². The van der Waals surface area contributed by atoms with E-state index >= 15 is 0 Å². The normalized spacial score (nSPS) is 14.9. The Morgan fingerprint density at radius 3 is 2.64 bits per heavy atom. The molecule has 1 amide bonds. The number of hydrogen-bond acceptors (Lipinski definition) is 6. The first-order valence-corrected chi connectivity index (χ1v) is 9.22. The smallest absolute Gasteiger partial charge is 0.281 e. The summed E-state index contributed by atoms with van der Waals surface area (Å²) in [4.78, 5) is 24.9. The quantitative estimate of drug-likeness (QED) is 0.518. The predicted molar refractivity (Wildman–Crippen MR) is 109 cm³/mol. The van der Waals surface area contributed by atoms with Gasteiger partial charge in [-0.25, -0.2) is 0 Å². The molecule has 1 fully saturated rings. The van der Waals surface area contributed by atoms with Gasteiger partial charge in [0, 0.05) is 10.0 Å². The fraction of sp³-hybridized carbons (Fsp3) is 0.105. The number of hydrogen-bond donors (Lipinski definition) is 1. The van der Waals surface area contributed by atoms with Crippen LogP contribution in [-0.4, -0.2) is 30.7 Å². The third kappa shape index (κ3) is 4.32. The van der Waals surface area contributed by atoms with Crippen LogP contribution in [0.2, 0.25) is 0 Å². The number of methoxy groups -OCH3 is 1. The van der Waals surface area contributed by atoms with Gasteiger partial charge in [-0.1, -0.05) is 15.9 Å². The number of carboxylic acids is 1. The zero-order valence-corrected chi connectivity index (χ0v) is 17.0. The number of benzene rings is 2. The highest BCUT2D eigenvalue weighted by atomic mass is 79.9. The van der Waals surface area contributed by atoms with E-state index in [-0.39, 0.29) is 16.7 Å². The van der Waals surface area contributed by atoms with Crippen molar-refractivity contribution in [2.24, 2.45) is 0 Å². The summed E-state index contributed by atoms with van der Waals surface area (Å²) in [5.74, 6) is -0.735. The monoisotopic (exact) mass is 461 g/mol. The van der Waals surface area contributed by atoms with E-state index in [1.807, 2.05) is 0 Å². The minimum atomic E-state index is -1.34. The SMILES string of the molecule is COc1ccc(N2C(=O)/C(=C/c3cc(Br)ccc3OCC(=O)[O-])NC2=S)cc1. The number of rotatable bonds is 6. The van der Waals surface area contributed by atoms with Crippen molar-refractivity contribution in [1.82, 2.24) is 5.32 Å². The highest BCUT2D eigenvalue weighted by molar-refractivity contribution is 9.10. The number of carbonyl (C=O) groups is 2. The fourth-order valence-electron chi connectivity index (χ4n) is 2.56. The summed E-state index contributed by atoms with van der Waals surface area (Å²) in [5, 5.41) is 13.8. The van der Waals surface area contributed by atoms with Gasteiger partial charge in [0.25, 0.3) is 5.91 Å². The van der Waals surface area contributed by atoms with Crippen molar-refractivity contribution >= 4 is 56.9 Å². The number of halogens is 1. The molecule has 0 aliphatic carbocycles. The molecular formula is C19H14BrN2O5S-. The van der Waals surface area contributed by atoms with E-state index in [1.165, 1.54) is 4.90 Å². The number of thiocarbonyl (C=S) groups is 1. The highest BCUT2D eigenvalue weighted by Gasteiger charge is 2.32. The van der Waals surface area contributed by atoms with Crippen LogP contribution >= 0.6 is 28.1 Å². The van der Waals surface area contributed by atoms with Crippen LogP contribution in [0.1, 0.15) is 5.56 Å². The van der Waals surface area contributed by atoms with E-state index in [4.69, 9.17) is 21.7 Å². The molecular weight excluding hydrogens is 448 g/mol. The average Bonchev–Trinajstić information content (AvgIpc) is 2.94.